The number of benzene rings is 3. The summed E-state index contributed by atoms with van der Waals surface area (Å²) in [5.74, 6) is 0.0296. The first-order valence-electron chi connectivity index (χ1n) is 10.6. The summed E-state index contributed by atoms with van der Waals surface area (Å²) in [7, 11) is -1.01. The zero-order valence-electron chi connectivity index (χ0n) is 19.4. The molecule has 3 aromatic carbocycles. The number of aromatic nitrogens is 1. The van der Waals surface area contributed by atoms with Crippen molar-refractivity contribution in [2.75, 3.05) is 23.8 Å². The van der Waals surface area contributed by atoms with Crippen LogP contribution in [0.2, 0.25) is 0 Å². The second-order valence-corrected chi connectivity index (χ2v) is 9.87. The number of hydrogen-bond donors (Lipinski definition) is 1. The molecule has 7 nitrogen and oxygen atoms in total. The number of amides is 1. The molecule has 0 aliphatic carbocycles. The van der Waals surface area contributed by atoms with E-state index in [0.29, 0.717) is 22.7 Å². The summed E-state index contributed by atoms with van der Waals surface area (Å²) in [6.07, 6.45) is 1.71. The van der Waals surface area contributed by atoms with Gasteiger partial charge in [-0.1, -0.05) is 24.3 Å². The lowest BCUT2D eigenvalue weighted by molar-refractivity contribution is 0.102. The molecule has 4 aromatic rings. The fraction of sp³-hybridized carbons (Fsp3) is 0.154. The Balaban J connectivity index is 1.70. The molecule has 1 heterocycles. The average molecular weight is 476 g/mol. The van der Waals surface area contributed by atoms with Crippen LogP contribution < -0.4 is 14.4 Å². The number of hydrogen-bond acceptors (Lipinski definition) is 5. The second kappa shape index (κ2) is 9.15. The molecule has 0 radical (unpaired) electrons. The molecule has 0 atom stereocenters. The van der Waals surface area contributed by atoms with Crippen molar-refractivity contribution in [3.05, 3.63) is 89.6 Å². The number of pyridine rings is 1. The van der Waals surface area contributed by atoms with E-state index >= 15 is 0 Å². The quantitative estimate of drug-likeness (QED) is 0.427. The lowest BCUT2D eigenvalue weighted by Crippen LogP contribution is -2.27. The van der Waals surface area contributed by atoms with Gasteiger partial charge in [0, 0.05) is 24.2 Å². The lowest BCUT2D eigenvalue weighted by Gasteiger charge is -2.22. The number of aryl methyl sites for hydroxylation is 2. The summed E-state index contributed by atoms with van der Waals surface area (Å²) in [4.78, 5) is 17.6. The van der Waals surface area contributed by atoms with Gasteiger partial charge in [-0.05, 0) is 67.4 Å². The Bertz CT molecular complexity index is 1500. The maximum Gasteiger partial charge on any atom is 0.264 e. The van der Waals surface area contributed by atoms with Crippen molar-refractivity contribution in [1.82, 2.24) is 4.98 Å². The third-order valence-electron chi connectivity index (χ3n) is 5.76. The molecule has 34 heavy (non-hydrogen) atoms. The Labute approximate surface area is 199 Å². The maximum atomic E-state index is 13.4. The predicted molar refractivity (Wildman–Crippen MR) is 134 cm³/mol. The van der Waals surface area contributed by atoms with Gasteiger partial charge in [-0.2, -0.15) is 0 Å². The van der Waals surface area contributed by atoms with Gasteiger partial charge in [0.1, 0.15) is 5.75 Å². The minimum absolute atomic E-state index is 0.00656. The van der Waals surface area contributed by atoms with Gasteiger partial charge in [0.25, 0.3) is 15.9 Å². The van der Waals surface area contributed by atoms with Crippen LogP contribution in [0.5, 0.6) is 5.75 Å². The van der Waals surface area contributed by atoms with Crippen LogP contribution in [0.25, 0.3) is 10.9 Å². The minimum atomic E-state index is -3.95. The van der Waals surface area contributed by atoms with E-state index < -0.39 is 15.9 Å². The van der Waals surface area contributed by atoms with Gasteiger partial charge in [-0.15, -0.1) is 0 Å². The molecule has 0 bridgehead atoms. The van der Waals surface area contributed by atoms with Crippen molar-refractivity contribution < 1.29 is 17.9 Å². The van der Waals surface area contributed by atoms with Crippen molar-refractivity contribution in [1.29, 1.82) is 0 Å². The van der Waals surface area contributed by atoms with Crippen molar-refractivity contribution in [3.8, 4) is 5.75 Å². The number of para-hydroxylation sites is 2. The van der Waals surface area contributed by atoms with Crippen molar-refractivity contribution in [2.24, 2.45) is 0 Å². The van der Waals surface area contributed by atoms with E-state index in [2.05, 4.69) is 10.3 Å². The van der Waals surface area contributed by atoms with E-state index in [1.165, 1.54) is 26.3 Å². The number of methoxy groups -OCH3 is 1. The number of nitrogens with one attached hydrogen (secondary N) is 1. The minimum Gasteiger partial charge on any atom is -0.495 e. The number of anilines is 2. The van der Waals surface area contributed by atoms with Crippen LogP contribution in [-0.4, -0.2) is 33.5 Å². The van der Waals surface area contributed by atoms with Crippen molar-refractivity contribution in [3.63, 3.8) is 0 Å². The standard InChI is InChI=1S/C26H25N3O4S/c1-17-11-13-19(34(31,32)29(3)23-9-5-6-10-24(23)33-4)16-21(17)26(30)28-22-14-12-18(2)25-20(22)8-7-15-27-25/h5-16H,1-4H3,(H,28,30). The summed E-state index contributed by atoms with van der Waals surface area (Å²) in [6, 6.07) is 18.8. The van der Waals surface area contributed by atoms with Gasteiger partial charge in [0.05, 0.1) is 28.9 Å². The van der Waals surface area contributed by atoms with Gasteiger partial charge in [-0.3, -0.25) is 14.1 Å². The zero-order valence-corrected chi connectivity index (χ0v) is 20.2. The zero-order chi connectivity index (χ0) is 24.5. The summed E-state index contributed by atoms with van der Waals surface area (Å²) in [5, 5.41) is 3.73. The number of sulfonamides is 1. The average Bonchev–Trinajstić information content (AvgIpc) is 2.85. The highest BCUT2D eigenvalue weighted by atomic mass is 32.2. The number of nitrogens with zero attached hydrogens (tertiary/aromatic N) is 2. The first-order valence-corrected chi connectivity index (χ1v) is 12.1. The van der Waals surface area contributed by atoms with Gasteiger partial charge >= 0.3 is 0 Å². The van der Waals surface area contributed by atoms with Gasteiger partial charge in [-0.25, -0.2) is 8.42 Å². The highest BCUT2D eigenvalue weighted by Crippen LogP contribution is 2.32. The number of carbonyl (C=O) groups is 1. The molecule has 1 amide bonds. The summed E-state index contributed by atoms with van der Waals surface area (Å²) >= 11 is 0. The fourth-order valence-corrected chi connectivity index (χ4v) is 5.03. The fourth-order valence-electron chi connectivity index (χ4n) is 3.80. The van der Waals surface area contributed by atoms with Crippen LogP contribution in [0.15, 0.2) is 77.8 Å². The number of carbonyl (C=O) groups excluding carboxylic acids is 1. The van der Waals surface area contributed by atoms with E-state index in [0.717, 1.165) is 20.8 Å². The number of rotatable bonds is 6. The molecule has 174 valence electrons. The van der Waals surface area contributed by atoms with Gasteiger partial charge < -0.3 is 10.1 Å². The molecule has 1 N–H and O–H groups in total. The Morgan fingerprint density at radius 2 is 1.71 bits per heavy atom. The molecule has 0 saturated heterocycles. The van der Waals surface area contributed by atoms with Gasteiger partial charge in [0.15, 0.2) is 0 Å². The smallest absolute Gasteiger partial charge is 0.264 e. The van der Waals surface area contributed by atoms with Crippen LogP contribution in [0.1, 0.15) is 21.5 Å². The maximum absolute atomic E-state index is 13.4. The SMILES string of the molecule is COc1ccccc1N(C)S(=O)(=O)c1ccc(C)c(C(=O)Nc2ccc(C)c3ncccc23)c1. The molecule has 8 heteroatoms. The molecular weight excluding hydrogens is 450 g/mol. The molecular formula is C26H25N3O4S. The predicted octanol–water partition coefficient (Wildman–Crippen LogP) is 4.94. The Morgan fingerprint density at radius 1 is 0.971 bits per heavy atom. The highest BCUT2D eigenvalue weighted by Gasteiger charge is 2.25. The Morgan fingerprint density at radius 3 is 2.47 bits per heavy atom. The largest absolute Gasteiger partial charge is 0.495 e. The third kappa shape index (κ3) is 4.20. The molecule has 0 aliphatic rings. The van der Waals surface area contributed by atoms with Crippen molar-refractivity contribution >= 4 is 38.2 Å². The molecule has 0 unspecified atom stereocenters. The number of fused-ring (bicyclic) bond motifs is 1. The molecule has 1 aromatic heterocycles. The van der Waals surface area contributed by atoms with Crippen LogP contribution in [0.4, 0.5) is 11.4 Å². The molecule has 0 spiro atoms. The van der Waals surface area contributed by atoms with E-state index in [-0.39, 0.29) is 10.5 Å². The molecule has 0 aliphatic heterocycles. The summed E-state index contributed by atoms with van der Waals surface area (Å²) in [6.45, 7) is 3.72. The molecule has 4 rings (SSSR count). The third-order valence-corrected chi connectivity index (χ3v) is 7.52. The highest BCUT2D eigenvalue weighted by molar-refractivity contribution is 7.92. The molecule has 0 fully saturated rings. The summed E-state index contributed by atoms with van der Waals surface area (Å²) < 4.78 is 33.2. The topological polar surface area (TPSA) is 88.6 Å². The number of ether oxygens (including phenoxy) is 1. The van der Waals surface area contributed by atoms with Gasteiger partial charge in [0.2, 0.25) is 0 Å². The van der Waals surface area contributed by atoms with Crippen LogP contribution >= 0.6 is 0 Å². The van der Waals surface area contributed by atoms with Crippen molar-refractivity contribution in [2.45, 2.75) is 18.7 Å². The second-order valence-electron chi connectivity index (χ2n) is 7.90. The van der Waals surface area contributed by atoms with E-state index in [1.54, 1.807) is 43.5 Å². The molecule has 0 saturated carbocycles. The first-order chi connectivity index (χ1) is 16.2. The lowest BCUT2D eigenvalue weighted by atomic mass is 10.1. The summed E-state index contributed by atoms with van der Waals surface area (Å²) in [5.41, 5.74) is 3.73. The Kier molecular flexibility index (Phi) is 6.26. The van der Waals surface area contributed by atoms with Crippen LogP contribution in [0, 0.1) is 13.8 Å². The van der Waals surface area contributed by atoms with E-state index in [1.807, 2.05) is 31.2 Å². The van der Waals surface area contributed by atoms with E-state index in [9.17, 15) is 13.2 Å². The first kappa shape index (κ1) is 23.3. The normalized spacial score (nSPS) is 11.3. The van der Waals surface area contributed by atoms with E-state index in [4.69, 9.17) is 4.74 Å². The Hall–Kier alpha value is -3.91. The van der Waals surface area contributed by atoms with Crippen LogP contribution in [0.3, 0.4) is 0 Å². The van der Waals surface area contributed by atoms with Crippen LogP contribution in [-0.2, 0) is 10.0 Å². The monoisotopic (exact) mass is 475 g/mol.